The molecule has 3 rings (SSSR count). The van der Waals surface area contributed by atoms with Crippen molar-refractivity contribution in [2.75, 3.05) is 24.5 Å². The van der Waals surface area contributed by atoms with Gasteiger partial charge in [0.15, 0.2) is 0 Å². The summed E-state index contributed by atoms with van der Waals surface area (Å²) in [7, 11) is 0. The van der Waals surface area contributed by atoms with Crippen LogP contribution in [-0.4, -0.2) is 47.2 Å². The van der Waals surface area contributed by atoms with Gasteiger partial charge in [-0.25, -0.2) is 4.79 Å². The Balaban J connectivity index is 1.93. The lowest BCUT2D eigenvalue weighted by molar-refractivity contribution is -0.156. The molecule has 1 fully saturated rings. The second-order valence-corrected chi connectivity index (χ2v) is 6.51. The minimum absolute atomic E-state index is 0.198. The van der Waals surface area contributed by atoms with Crippen LogP contribution in [0.1, 0.15) is 20.8 Å². The number of piperazine rings is 1. The number of carbonyl (C=O) groups is 1. The van der Waals surface area contributed by atoms with Gasteiger partial charge in [-0.2, -0.15) is 0 Å². The zero-order chi connectivity index (χ0) is 15.7. The number of hydrogen-bond acceptors (Lipinski definition) is 5. The van der Waals surface area contributed by atoms with E-state index in [-0.39, 0.29) is 12.0 Å². The second kappa shape index (κ2) is 5.61. The van der Waals surface area contributed by atoms with Crippen LogP contribution in [0.25, 0.3) is 11.0 Å². The van der Waals surface area contributed by atoms with Crippen molar-refractivity contribution in [2.24, 2.45) is 0 Å². The van der Waals surface area contributed by atoms with E-state index in [1.807, 2.05) is 39.1 Å². The van der Waals surface area contributed by atoms with Crippen molar-refractivity contribution in [1.29, 1.82) is 0 Å². The zero-order valence-corrected chi connectivity index (χ0v) is 13.2. The van der Waals surface area contributed by atoms with Crippen molar-refractivity contribution in [3.63, 3.8) is 0 Å². The van der Waals surface area contributed by atoms with Gasteiger partial charge in [-0.3, -0.25) is 4.98 Å². The van der Waals surface area contributed by atoms with Crippen LogP contribution in [0.5, 0.6) is 0 Å². The number of rotatable bonds is 2. The van der Waals surface area contributed by atoms with Crippen molar-refractivity contribution in [3.8, 4) is 0 Å². The molecule has 0 radical (unpaired) electrons. The fourth-order valence-electron chi connectivity index (χ4n) is 2.76. The van der Waals surface area contributed by atoms with E-state index in [4.69, 9.17) is 4.74 Å². The Bertz CT molecular complexity index is 674. The molecule has 0 bridgehead atoms. The molecule has 0 aliphatic carbocycles. The maximum Gasteiger partial charge on any atom is 0.330 e. The van der Waals surface area contributed by atoms with E-state index in [1.54, 1.807) is 6.20 Å². The van der Waals surface area contributed by atoms with E-state index in [1.165, 1.54) is 0 Å². The fourth-order valence-corrected chi connectivity index (χ4v) is 2.76. The number of H-pyrrole nitrogens is 1. The van der Waals surface area contributed by atoms with Crippen LogP contribution in [0.15, 0.2) is 24.5 Å². The zero-order valence-electron chi connectivity index (χ0n) is 13.2. The van der Waals surface area contributed by atoms with E-state index in [9.17, 15) is 4.79 Å². The lowest BCUT2D eigenvalue weighted by atomic mass is 10.1. The molecule has 6 heteroatoms. The maximum atomic E-state index is 12.5. The molecule has 0 aromatic carbocycles. The Hall–Kier alpha value is -2.08. The number of aromatic amines is 1. The van der Waals surface area contributed by atoms with Gasteiger partial charge in [0.25, 0.3) is 0 Å². The molecule has 1 saturated heterocycles. The van der Waals surface area contributed by atoms with E-state index in [0.717, 1.165) is 29.8 Å². The number of hydrogen-bond donors (Lipinski definition) is 2. The predicted octanol–water partition coefficient (Wildman–Crippen LogP) is 1.68. The van der Waals surface area contributed by atoms with Gasteiger partial charge in [-0.1, -0.05) is 0 Å². The van der Waals surface area contributed by atoms with Crippen LogP contribution in [0.3, 0.4) is 0 Å². The predicted molar refractivity (Wildman–Crippen MR) is 85.9 cm³/mol. The molecule has 2 aromatic rings. The molecular weight excluding hydrogens is 280 g/mol. The van der Waals surface area contributed by atoms with Gasteiger partial charge in [0.2, 0.25) is 0 Å². The standard InChI is InChI=1S/C16H22N4O2/c1-16(2,3)22-15(21)13-10-17-8-9-20(13)12-5-7-18-11-4-6-19-14(11)12/h4-7,13,17,19H,8-10H2,1-3H3. The Kier molecular flexibility index (Phi) is 3.78. The molecule has 1 unspecified atom stereocenters. The highest BCUT2D eigenvalue weighted by atomic mass is 16.6. The molecule has 118 valence electrons. The van der Waals surface area contributed by atoms with E-state index in [0.29, 0.717) is 6.54 Å². The highest BCUT2D eigenvalue weighted by molar-refractivity contribution is 5.91. The van der Waals surface area contributed by atoms with Crippen LogP contribution in [0, 0.1) is 0 Å². The van der Waals surface area contributed by atoms with E-state index in [2.05, 4.69) is 20.2 Å². The van der Waals surface area contributed by atoms with Crippen LogP contribution in [-0.2, 0) is 9.53 Å². The van der Waals surface area contributed by atoms with Gasteiger partial charge < -0.3 is 19.9 Å². The SMILES string of the molecule is CC(C)(C)OC(=O)C1CNCCN1c1ccnc2cc[nH]c12. The van der Waals surface area contributed by atoms with Gasteiger partial charge in [-0.15, -0.1) is 0 Å². The molecule has 1 aliphatic rings. The van der Waals surface area contributed by atoms with Gasteiger partial charge in [0.1, 0.15) is 11.6 Å². The van der Waals surface area contributed by atoms with Crippen LogP contribution in [0.2, 0.25) is 0 Å². The molecule has 0 amide bonds. The first-order valence-electron chi connectivity index (χ1n) is 7.58. The number of pyridine rings is 1. The van der Waals surface area contributed by atoms with Crippen molar-refractivity contribution < 1.29 is 9.53 Å². The largest absolute Gasteiger partial charge is 0.458 e. The number of aromatic nitrogens is 2. The number of ether oxygens (including phenoxy) is 1. The number of nitrogens with zero attached hydrogens (tertiary/aromatic N) is 2. The molecule has 1 atom stereocenters. The van der Waals surface area contributed by atoms with E-state index >= 15 is 0 Å². The molecule has 0 saturated carbocycles. The first-order chi connectivity index (χ1) is 10.5. The van der Waals surface area contributed by atoms with Gasteiger partial charge >= 0.3 is 5.97 Å². The van der Waals surface area contributed by atoms with E-state index < -0.39 is 5.60 Å². The molecule has 22 heavy (non-hydrogen) atoms. The molecule has 0 spiro atoms. The number of fused-ring (bicyclic) bond motifs is 1. The minimum atomic E-state index is -0.486. The highest BCUT2D eigenvalue weighted by Crippen LogP contribution is 2.27. The lowest BCUT2D eigenvalue weighted by Crippen LogP contribution is -2.56. The molecule has 2 N–H and O–H groups in total. The third-order valence-corrected chi connectivity index (χ3v) is 3.66. The Morgan fingerprint density at radius 1 is 1.41 bits per heavy atom. The molecule has 6 nitrogen and oxygen atoms in total. The number of anilines is 1. The Morgan fingerprint density at radius 2 is 2.23 bits per heavy atom. The third-order valence-electron chi connectivity index (χ3n) is 3.66. The summed E-state index contributed by atoms with van der Waals surface area (Å²) < 4.78 is 5.58. The monoisotopic (exact) mass is 302 g/mol. The summed E-state index contributed by atoms with van der Waals surface area (Å²) in [5.41, 5.74) is 2.37. The maximum absolute atomic E-state index is 12.5. The average molecular weight is 302 g/mol. The molecule has 2 aromatic heterocycles. The number of nitrogens with one attached hydrogen (secondary N) is 2. The first-order valence-corrected chi connectivity index (χ1v) is 7.58. The second-order valence-electron chi connectivity index (χ2n) is 6.51. The van der Waals surface area contributed by atoms with Gasteiger partial charge in [0.05, 0.1) is 16.7 Å². The smallest absolute Gasteiger partial charge is 0.330 e. The summed E-state index contributed by atoms with van der Waals surface area (Å²) in [5.74, 6) is -0.198. The molecule has 1 aliphatic heterocycles. The van der Waals surface area contributed by atoms with Crippen LogP contribution in [0.4, 0.5) is 5.69 Å². The Morgan fingerprint density at radius 3 is 3.00 bits per heavy atom. The van der Waals surface area contributed by atoms with Crippen LogP contribution < -0.4 is 10.2 Å². The molecular formula is C16H22N4O2. The fraction of sp³-hybridized carbons (Fsp3) is 0.500. The summed E-state index contributed by atoms with van der Waals surface area (Å²) in [6.07, 6.45) is 3.64. The summed E-state index contributed by atoms with van der Waals surface area (Å²) in [5, 5.41) is 3.27. The number of carbonyl (C=O) groups excluding carboxylic acids is 1. The lowest BCUT2D eigenvalue weighted by Gasteiger charge is -2.37. The summed E-state index contributed by atoms with van der Waals surface area (Å²) >= 11 is 0. The number of esters is 1. The van der Waals surface area contributed by atoms with Crippen molar-refractivity contribution in [3.05, 3.63) is 24.5 Å². The van der Waals surface area contributed by atoms with Crippen molar-refractivity contribution in [1.82, 2.24) is 15.3 Å². The molecule has 3 heterocycles. The summed E-state index contributed by atoms with van der Waals surface area (Å²) in [4.78, 5) is 22.2. The van der Waals surface area contributed by atoms with Crippen molar-refractivity contribution in [2.45, 2.75) is 32.4 Å². The normalized spacial score (nSPS) is 19.4. The summed E-state index contributed by atoms with van der Waals surface area (Å²) in [6, 6.07) is 3.55. The first kappa shape index (κ1) is 14.8. The topological polar surface area (TPSA) is 70.2 Å². The van der Waals surface area contributed by atoms with Gasteiger partial charge in [0, 0.05) is 32.0 Å². The average Bonchev–Trinajstić information content (AvgIpc) is 2.93. The Labute approximate surface area is 129 Å². The third kappa shape index (κ3) is 2.92. The quantitative estimate of drug-likeness (QED) is 0.826. The highest BCUT2D eigenvalue weighted by Gasteiger charge is 2.33. The van der Waals surface area contributed by atoms with Crippen LogP contribution >= 0.6 is 0 Å². The van der Waals surface area contributed by atoms with Gasteiger partial charge in [-0.05, 0) is 32.9 Å². The minimum Gasteiger partial charge on any atom is -0.458 e. The summed E-state index contributed by atoms with van der Waals surface area (Å²) in [6.45, 7) is 7.84. The van der Waals surface area contributed by atoms with Crippen molar-refractivity contribution >= 4 is 22.7 Å².